The zero-order valence-corrected chi connectivity index (χ0v) is 16.9. The molecular formula is C20H20N4O5S. The Balaban J connectivity index is 1.45. The van der Waals surface area contributed by atoms with Crippen molar-refractivity contribution in [2.24, 2.45) is 0 Å². The Hall–Kier alpha value is -2.79. The van der Waals surface area contributed by atoms with Crippen molar-refractivity contribution in [3.8, 4) is 22.8 Å². The first-order valence-electron chi connectivity index (χ1n) is 9.66. The number of ether oxygens (including phenoxy) is 2. The van der Waals surface area contributed by atoms with Gasteiger partial charge in [-0.15, -0.1) is 0 Å². The van der Waals surface area contributed by atoms with E-state index in [1.54, 1.807) is 24.3 Å². The zero-order chi connectivity index (χ0) is 20.7. The van der Waals surface area contributed by atoms with Gasteiger partial charge in [-0.25, -0.2) is 18.2 Å². The lowest BCUT2D eigenvalue weighted by Gasteiger charge is -2.26. The summed E-state index contributed by atoms with van der Waals surface area (Å²) in [4.78, 5) is 14.4. The number of rotatable bonds is 5. The molecule has 3 heterocycles. The van der Waals surface area contributed by atoms with Gasteiger partial charge in [0.2, 0.25) is 10.0 Å². The number of sulfonamides is 1. The van der Waals surface area contributed by atoms with E-state index in [1.165, 1.54) is 12.1 Å². The number of benzene rings is 2. The number of aromatic nitrogens is 2. The molecule has 0 amide bonds. The lowest BCUT2D eigenvalue weighted by atomic mass is 10.0. The van der Waals surface area contributed by atoms with Crippen molar-refractivity contribution in [3.05, 3.63) is 46.8 Å². The summed E-state index contributed by atoms with van der Waals surface area (Å²) in [7, 11) is -3.71. The number of H-pyrrole nitrogens is 1. The van der Waals surface area contributed by atoms with Gasteiger partial charge in [0, 0.05) is 31.7 Å². The van der Waals surface area contributed by atoms with Gasteiger partial charge >= 0.3 is 0 Å². The first kappa shape index (κ1) is 19.2. The van der Waals surface area contributed by atoms with Gasteiger partial charge in [0.1, 0.15) is 17.2 Å². The molecule has 0 atom stereocenters. The molecule has 0 radical (unpaired) electrons. The molecule has 0 spiro atoms. The van der Waals surface area contributed by atoms with Gasteiger partial charge in [0.15, 0.2) is 0 Å². The minimum absolute atomic E-state index is 0.118. The smallest absolute Gasteiger partial charge is 0.272 e. The van der Waals surface area contributed by atoms with E-state index >= 15 is 0 Å². The molecule has 156 valence electrons. The highest BCUT2D eigenvalue weighted by atomic mass is 32.2. The van der Waals surface area contributed by atoms with E-state index in [-0.39, 0.29) is 10.5 Å². The fourth-order valence-corrected chi connectivity index (χ4v) is 4.83. The number of morpholine rings is 1. The maximum atomic E-state index is 12.8. The van der Waals surface area contributed by atoms with Gasteiger partial charge < -0.3 is 9.47 Å². The van der Waals surface area contributed by atoms with Crippen molar-refractivity contribution < 1.29 is 17.9 Å². The third-order valence-corrected chi connectivity index (χ3v) is 6.80. The number of aromatic amines is 1. The Labute approximate surface area is 172 Å². The van der Waals surface area contributed by atoms with Crippen molar-refractivity contribution in [3.63, 3.8) is 0 Å². The highest BCUT2D eigenvalue weighted by molar-refractivity contribution is 7.89. The Morgan fingerprint density at radius 1 is 1.13 bits per heavy atom. The van der Waals surface area contributed by atoms with Crippen LogP contribution in [0, 0.1) is 0 Å². The Morgan fingerprint density at radius 3 is 2.80 bits per heavy atom. The van der Waals surface area contributed by atoms with Crippen LogP contribution < -0.4 is 15.0 Å². The zero-order valence-electron chi connectivity index (χ0n) is 16.1. The Kier molecular flexibility index (Phi) is 4.78. The van der Waals surface area contributed by atoms with Gasteiger partial charge in [-0.3, -0.25) is 9.69 Å². The molecule has 30 heavy (non-hydrogen) atoms. The molecule has 1 fully saturated rings. The van der Waals surface area contributed by atoms with Gasteiger partial charge in [-0.1, -0.05) is 6.07 Å². The summed E-state index contributed by atoms with van der Waals surface area (Å²) in [6, 6.07) is 9.83. The molecule has 9 nitrogen and oxygen atoms in total. The molecule has 0 aliphatic carbocycles. The molecule has 1 saturated heterocycles. The van der Waals surface area contributed by atoms with Crippen molar-refractivity contribution in [2.75, 3.05) is 39.4 Å². The van der Waals surface area contributed by atoms with Crippen molar-refractivity contribution in [2.45, 2.75) is 4.90 Å². The molecule has 2 aromatic carbocycles. The van der Waals surface area contributed by atoms with E-state index < -0.39 is 10.0 Å². The average Bonchev–Trinajstić information content (AvgIpc) is 2.76. The first-order valence-corrected chi connectivity index (χ1v) is 11.1. The molecule has 5 rings (SSSR count). The summed E-state index contributed by atoms with van der Waals surface area (Å²) >= 11 is 0. The van der Waals surface area contributed by atoms with E-state index in [1.807, 2.05) is 0 Å². The van der Waals surface area contributed by atoms with Crippen LogP contribution in [0.25, 0.3) is 22.0 Å². The molecular weight excluding hydrogens is 408 g/mol. The SMILES string of the molecule is O=c1[nH]nc2c3c(cccc13)Oc1ccc(S(=O)(=O)NCCN3CCOCC3)cc1-2. The van der Waals surface area contributed by atoms with Gasteiger partial charge in [0.25, 0.3) is 5.56 Å². The van der Waals surface area contributed by atoms with Crippen molar-refractivity contribution >= 4 is 20.8 Å². The first-order chi connectivity index (χ1) is 14.5. The highest BCUT2D eigenvalue weighted by Gasteiger charge is 2.25. The fourth-order valence-electron chi connectivity index (χ4n) is 3.78. The van der Waals surface area contributed by atoms with E-state index in [0.717, 1.165) is 13.1 Å². The van der Waals surface area contributed by atoms with Crippen LogP contribution in [0.15, 0.2) is 46.1 Å². The van der Waals surface area contributed by atoms with Gasteiger partial charge in [-0.2, -0.15) is 5.10 Å². The third kappa shape index (κ3) is 3.37. The quantitative estimate of drug-likeness (QED) is 0.493. The number of hydrogen-bond donors (Lipinski definition) is 2. The molecule has 1 aromatic heterocycles. The second-order valence-electron chi connectivity index (χ2n) is 7.19. The minimum Gasteiger partial charge on any atom is -0.456 e. The summed E-state index contributed by atoms with van der Waals surface area (Å²) < 4.78 is 39.5. The number of fused-ring (bicyclic) bond motifs is 2. The van der Waals surface area contributed by atoms with Crippen molar-refractivity contribution in [1.29, 1.82) is 0 Å². The molecule has 2 aliphatic heterocycles. The number of hydrogen-bond acceptors (Lipinski definition) is 7. The van der Waals surface area contributed by atoms with E-state index in [0.29, 0.717) is 59.8 Å². The normalized spacial score (nSPS) is 16.3. The van der Waals surface area contributed by atoms with Crippen LogP contribution in [0.3, 0.4) is 0 Å². The van der Waals surface area contributed by atoms with Crippen LogP contribution >= 0.6 is 0 Å². The van der Waals surface area contributed by atoms with Crippen LogP contribution in [-0.2, 0) is 14.8 Å². The lowest BCUT2D eigenvalue weighted by Crippen LogP contribution is -2.41. The average molecular weight is 428 g/mol. The van der Waals surface area contributed by atoms with Crippen LogP contribution in [-0.4, -0.2) is 62.9 Å². The Bertz CT molecular complexity index is 1280. The minimum atomic E-state index is -3.71. The van der Waals surface area contributed by atoms with Gasteiger partial charge in [-0.05, 0) is 30.3 Å². The molecule has 3 aromatic rings. The fraction of sp³-hybridized carbons (Fsp3) is 0.300. The third-order valence-electron chi connectivity index (χ3n) is 5.34. The molecule has 2 N–H and O–H groups in total. The summed E-state index contributed by atoms with van der Waals surface area (Å²) in [5.41, 5.74) is 0.689. The predicted molar refractivity (Wildman–Crippen MR) is 110 cm³/mol. The van der Waals surface area contributed by atoms with Crippen LogP contribution in [0.1, 0.15) is 0 Å². The van der Waals surface area contributed by atoms with Crippen LogP contribution in [0.5, 0.6) is 11.5 Å². The molecule has 0 unspecified atom stereocenters. The maximum Gasteiger partial charge on any atom is 0.272 e. The van der Waals surface area contributed by atoms with Crippen molar-refractivity contribution in [1.82, 2.24) is 19.8 Å². The lowest BCUT2D eigenvalue weighted by molar-refractivity contribution is 0.0390. The monoisotopic (exact) mass is 428 g/mol. The summed E-state index contributed by atoms with van der Waals surface area (Å²) in [5, 5.41) is 7.67. The number of nitrogens with zero attached hydrogens (tertiary/aromatic N) is 2. The van der Waals surface area contributed by atoms with Crippen LogP contribution in [0.2, 0.25) is 0 Å². The van der Waals surface area contributed by atoms with E-state index in [4.69, 9.17) is 9.47 Å². The second kappa shape index (κ2) is 7.47. The van der Waals surface area contributed by atoms with E-state index in [2.05, 4.69) is 19.8 Å². The summed E-state index contributed by atoms with van der Waals surface area (Å²) in [6.07, 6.45) is 0. The maximum absolute atomic E-state index is 12.8. The standard InChI is InChI=1S/C20H20N4O5S/c25-20-14-2-1-3-17-18(14)19(22-23-20)15-12-13(4-5-16(15)29-17)30(26,27)21-6-7-24-8-10-28-11-9-24/h1-5,12,21H,6-11H2,(H,23,25). The molecule has 0 bridgehead atoms. The summed E-state index contributed by atoms with van der Waals surface area (Å²) in [6.45, 7) is 3.85. The van der Waals surface area contributed by atoms with Crippen LogP contribution in [0.4, 0.5) is 0 Å². The second-order valence-corrected chi connectivity index (χ2v) is 8.96. The molecule has 2 aliphatic rings. The van der Waals surface area contributed by atoms with Gasteiger partial charge in [0.05, 0.1) is 28.9 Å². The number of nitrogens with one attached hydrogen (secondary N) is 2. The Morgan fingerprint density at radius 2 is 1.97 bits per heavy atom. The molecule has 10 heteroatoms. The largest absolute Gasteiger partial charge is 0.456 e. The topological polar surface area (TPSA) is 114 Å². The summed E-state index contributed by atoms with van der Waals surface area (Å²) in [5.74, 6) is 1.01. The van der Waals surface area contributed by atoms with E-state index in [9.17, 15) is 13.2 Å². The highest BCUT2D eigenvalue weighted by Crippen LogP contribution is 2.44. The molecule has 0 saturated carbocycles. The predicted octanol–water partition coefficient (Wildman–Crippen LogP) is 1.31.